The van der Waals surface area contributed by atoms with Crippen LogP contribution in [0.2, 0.25) is 5.02 Å². The number of aryl methyl sites for hydroxylation is 1. The number of urea groups is 1. The third-order valence-electron chi connectivity index (χ3n) is 5.47. The predicted octanol–water partition coefficient (Wildman–Crippen LogP) is 3.31. The highest BCUT2D eigenvalue weighted by Gasteiger charge is 2.28. The summed E-state index contributed by atoms with van der Waals surface area (Å²) in [6.45, 7) is 1.71. The van der Waals surface area contributed by atoms with E-state index in [9.17, 15) is 9.59 Å². The van der Waals surface area contributed by atoms with Crippen molar-refractivity contribution in [1.29, 1.82) is 0 Å². The monoisotopic (exact) mass is 425 g/mol. The second-order valence-corrected chi connectivity index (χ2v) is 7.92. The van der Waals surface area contributed by atoms with E-state index in [1.165, 1.54) is 4.68 Å². The normalized spacial score (nSPS) is 14.7. The van der Waals surface area contributed by atoms with Crippen molar-refractivity contribution in [3.63, 3.8) is 0 Å². The van der Waals surface area contributed by atoms with Gasteiger partial charge < -0.3 is 10.2 Å². The Labute approximate surface area is 179 Å². The van der Waals surface area contributed by atoms with Gasteiger partial charge in [0.25, 0.3) is 0 Å². The number of halogens is 1. The molecule has 0 atom stereocenters. The molecule has 3 aromatic rings. The Morgan fingerprint density at radius 2 is 1.77 bits per heavy atom. The summed E-state index contributed by atoms with van der Waals surface area (Å²) in [5.74, 6) is 0.884. The highest BCUT2D eigenvalue weighted by atomic mass is 35.5. The van der Waals surface area contributed by atoms with E-state index in [0.29, 0.717) is 24.7 Å². The highest BCUT2D eigenvalue weighted by molar-refractivity contribution is 6.30. The van der Waals surface area contributed by atoms with E-state index in [2.05, 4.69) is 10.4 Å². The number of nitrogens with one attached hydrogen (secondary N) is 1. The number of rotatable bonds is 4. The van der Waals surface area contributed by atoms with Crippen molar-refractivity contribution in [3.05, 3.63) is 81.5 Å². The number of carbonyl (C=O) groups is 1. The Bertz CT molecular complexity index is 1070. The van der Waals surface area contributed by atoms with Gasteiger partial charge in [0.15, 0.2) is 0 Å². The van der Waals surface area contributed by atoms with Crippen LogP contribution in [-0.4, -0.2) is 38.4 Å². The van der Waals surface area contributed by atoms with Gasteiger partial charge in [-0.15, -0.1) is 0 Å². The fourth-order valence-corrected chi connectivity index (χ4v) is 3.93. The lowest BCUT2D eigenvalue weighted by Gasteiger charge is -2.31. The molecule has 0 unspecified atom stereocenters. The van der Waals surface area contributed by atoms with Gasteiger partial charge in [0.05, 0.1) is 5.69 Å². The zero-order chi connectivity index (χ0) is 21.1. The molecule has 0 spiro atoms. The lowest BCUT2D eigenvalue weighted by atomic mass is 9.96. The van der Waals surface area contributed by atoms with Crippen molar-refractivity contribution in [2.24, 2.45) is 7.05 Å². The van der Waals surface area contributed by atoms with E-state index >= 15 is 0 Å². The molecule has 2 aromatic carbocycles. The molecular weight excluding hydrogens is 402 g/mol. The van der Waals surface area contributed by atoms with Crippen molar-refractivity contribution in [2.45, 2.75) is 25.3 Å². The molecule has 0 saturated carbocycles. The van der Waals surface area contributed by atoms with Crippen molar-refractivity contribution in [1.82, 2.24) is 24.6 Å². The third-order valence-corrected chi connectivity index (χ3v) is 5.72. The van der Waals surface area contributed by atoms with E-state index < -0.39 is 0 Å². The van der Waals surface area contributed by atoms with E-state index in [0.717, 1.165) is 29.9 Å². The first-order valence-corrected chi connectivity index (χ1v) is 10.4. The van der Waals surface area contributed by atoms with Crippen LogP contribution in [0.4, 0.5) is 4.79 Å². The van der Waals surface area contributed by atoms with E-state index in [-0.39, 0.29) is 17.6 Å². The van der Waals surface area contributed by atoms with Crippen LogP contribution in [-0.2, 0) is 13.6 Å². The fraction of sp³-hybridized carbons (Fsp3) is 0.318. The van der Waals surface area contributed by atoms with Crippen molar-refractivity contribution in [3.8, 4) is 5.69 Å². The number of hydrogen-bond acceptors (Lipinski definition) is 3. The number of likely N-dealkylation sites (tertiary alicyclic amines) is 1. The summed E-state index contributed by atoms with van der Waals surface area (Å²) in [7, 11) is 1.67. The summed E-state index contributed by atoms with van der Waals surface area (Å²) in [4.78, 5) is 27.0. The molecule has 4 rings (SSSR count). The molecule has 2 heterocycles. The quantitative estimate of drug-likeness (QED) is 0.697. The minimum absolute atomic E-state index is 0.0788. The maximum atomic E-state index is 12.6. The molecule has 0 bridgehead atoms. The fourth-order valence-electron chi connectivity index (χ4n) is 3.80. The molecule has 0 aliphatic carbocycles. The maximum absolute atomic E-state index is 12.6. The molecule has 8 heteroatoms. The Hall–Kier alpha value is -3.06. The van der Waals surface area contributed by atoms with Gasteiger partial charge in [-0.25, -0.2) is 18.8 Å². The van der Waals surface area contributed by atoms with Gasteiger partial charge in [-0.3, -0.25) is 0 Å². The number of hydrogen-bond donors (Lipinski definition) is 1. The summed E-state index contributed by atoms with van der Waals surface area (Å²) in [5, 5.41) is 8.14. The van der Waals surface area contributed by atoms with Gasteiger partial charge in [-0.1, -0.05) is 41.9 Å². The number of benzene rings is 2. The van der Waals surface area contributed by atoms with Crippen LogP contribution >= 0.6 is 11.6 Å². The van der Waals surface area contributed by atoms with Crippen LogP contribution in [0.1, 0.15) is 30.1 Å². The summed E-state index contributed by atoms with van der Waals surface area (Å²) < 4.78 is 3.06. The Morgan fingerprint density at radius 1 is 1.10 bits per heavy atom. The zero-order valence-corrected chi connectivity index (χ0v) is 17.5. The Kier molecular flexibility index (Phi) is 5.90. The van der Waals surface area contributed by atoms with Crippen LogP contribution < -0.4 is 11.0 Å². The molecule has 1 fully saturated rings. The first kappa shape index (κ1) is 20.2. The van der Waals surface area contributed by atoms with Crippen LogP contribution in [0.5, 0.6) is 0 Å². The number of nitrogens with zero attached hydrogens (tertiary/aromatic N) is 4. The first-order chi connectivity index (χ1) is 14.5. The minimum atomic E-state index is -0.153. The van der Waals surface area contributed by atoms with E-state index in [1.807, 2.05) is 59.5 Å². The van der Waals surface area contributed by atoms with Gasteiger partial charge in [-0.05, 0) is 42.7 Å². The van der Waals surface area contributed by atoms with Crippen molar-refractivity contribution < 1.29 is 4.79 Å². The number of aromatic nitrogens is 3. The van der Waals surface area contributed by atoms with Crippen LogP contribution in [0, 0.1) is 0 Å². The molecule has 7 nitrogen and oxygen atoms in total. The molecule has 156 valence electrons. The predicted molar refractivity (Wildman–Crippen MR) is 116 cm³/mol. The third kappa shape index (κ3) is 4.26. The number of piperidine rings is 1. The highest BCUT2D eigenvalue weighted by Crippen LogP contribution is 2.27. The molecule has 1 aromatic heterocycles. The van der Waals surface area contributed by atoms with E-state index in [1.54, 1.807) is 11.6 Å². The average molecular weight is 426 g/mol. The second kappa shape index (κ2) is 8.75. The lowest BCUT2D eigenvalue weighted by Crippen LogP contribution is -2.44. The first-order valence-electron chi connectivity index (χ1n) is 10.0. The summed E-state index contributed by atoms with van der Waals surface area (Å²) in [6.07, 6.45) is 1.52. The zero-order valence-electron chi connectivity index (χ0n) is 16.8. The Balaban J connectivity index is 1.40. The largest absolute Gasteiger partial charge is 0.350 e. The van der Waals surface area contributed by atoms with Gasteiger partial charge in [0.2, 0.25) is 0 Å². The minimum Gasteiger partial charge on any atom is -0.334 e. The molecule has 1 aliphatic rings. The summed E-state index contributed by atoms with van der Waals surface area (Å²) in [6, 6.07) is 16.9. The smallest absolute Gasteiger partial charge is 0.334 e. The second-order valence-electron chi connectivity index (χ2n) is 7.48. The van der Waals surface area contributed by atoms with Gasteiger partial charge >= 0.3 is 11.7 Å². The molecule has 1 N–H and O–H groups in total. The summed E-state index contributed by atoms with van der Waals surface area (Å²) in [5.41, 5.74) is 1.66. The van der Waals surface area contributed by atoms with Crippen LogP contribution in [0.25, 0.3) is 5.69 Å². The standard InChI is InChI=1S/C22H24ClN5O2/c1-26-22(30)28(19-5-3-2-4-6-19)20(25-26)17-11-13-27(14-12-17)21(29)24-15-16-7-9-18(23)10-8-16/h2-10,17H,11-15H2,1H3,(H,24,29). The van der Waals surface area contributed by atoms with Gasteiger partial charge in [0, 0.05) is 37.6 Å². The molecule has 1 aliphatic heterocycles. The molecule has 0 radical (unpaired) electrons. The molecule has 1 saturated heterocycles. The van der Waals surface area contributed by atoms with Gasteiger partial charge in [-0.2, -0.15) is 5.10 Å². The summed E-state index contributed by atoms with van der Waals surface area (Å²) >= 11 is 5.90. The Morgan fingerprint density at radius 3 is 2.43 bits per heavy atom. The number of amides is 2. The van der Waals surface area contributed by atoms with Crippen LogP contribution in [0.3, 0.4) is 0 Å². The number of carbonyl (C=O) groups excluding carboxylic acids is 1. The lowest BCUT2D eigenvalue weighted by molar-refractivity contribution is 0.179. The van der Waals surface area contributed by atoms with Gasteiger partial charge in [0.1, 0.15) is 5.82 Å². The van der Waals surface area contributed by atoms with E-state index in [4.69, 9.17) is 11.6 Å². The average Bonchev–Trinajstić information content (AvgIpc) is 3.08. The topological polar surface area (TPSA) is 72.2 Å². The molecule has 30 heavy (non-hydrogen) atoms. The molecule has 2 amide bonds. The maximum Gasteiger partial charge on any atom is 0.350 e. The van der Waals surface area contributed by atoms with Crippen molar-refractivity contribution >= 4 is 17.6 Å². The molecular formula is C22H24ClN5O2. The van der Waals surface area contributed by atoms with Crippen molar-refractivity contribution in [2.75, 3.05) is 13.1 Å². The van der Waals surface area contributed by atoms with Crippen LogP contribution in [0.15, 0.2) is 59.4 Å². The SMILES string of the molecule is Cn1nc(C2CCN(C(=O)NCc3ccc(Cl)cc3)CC2)n(-c2ccccc2)c1=O. The number of para-hydroxylation sites is 1.